The molecule has 22 heavy (non-hydrogen) atoms. The number of aliphatic hydroxyl groups is 1. The summed E-state index contributed by atoms with van der Waals surface area (Å²) in [7, 11) is 0. The first kappa shape index (κ1) is 23.2. The van der Waals surface area contributed by atoms with Crippen LogP contribution in [0.1, 0.15) is 34.1 Å². The summed E-state index contributed by atoms with van der Waals surface area (Å²) >= 11 is 0. The standard InChI is InChI=1S/C9H17FO2.C3H2F6O/c1-5-9(3,4)8(11)12-7(2)6-10;4-1(5)2(6,10)3(7,8)9/h7H,5-6H2,1-4H3;1,10H. The summed E-state index contributed by atoms with van der Waals surface area (Å²) in [5, 5.41) is 7.39. The summed E-state index contributed by atoms with van der Waals surface area (Å²) in [6.45, 7) is 6.41. The molecule has 0 aliphatic rings. The zero-order chi connectivity index (χ0) is 18.4. The Morgan fingerprint density at radius 2 is 1.59 bits per heavy atom. The van der Waals surface area contributed by atoms with E-state index < -0.39 is 36.7 Å². The van der Waals surface area contributed by atoms with E-state index >= 15 is 0 Å². The molecule has 2 atom stereocenters. The predicted octanol–water partition coefficient (Wildman–Crippen LogP) is 3.80. The third kappa shape index (κ3) is 7.28. The van der Waals surface area contributed by atoms with Crippen molar-refractivity contribution in [1.82, 2.24) is 0 Å². The Kier molecular flexibility index (Phi) is 9.01. The highest BCUT2D eigenvalue weighted by Crippen LogP contribution is 2.36. The molecule has 0 spiro atoms. The molecule has 0 amide bonds. The number of hydrogen-bond acceptors (Lipinski definition) is 3. The molecular weight excluding hydrogens is 325 g/mol. The van der Waals surface area contributed by atoms with Gasteiger partial charge in [0, 0.05) is 0 Å². The maximum atomic E-state index is 12.0. The first-order valence-corrected chi connectivity index (χ1v) is 6.16. The normalized spacial score (nSPS) is 16.4. The first-order chi connectivity index (χ1) is 9.63. The minimum absolute atomic E-state index is 0.324. The molecule has 0 rings (SSSR count). The number of alkyl halides is 7. The van der Waals surface area contributed by atoms with Crippen molar-refractivity contribution in [2.45, 2.75) is 58.7 Å². The second kappa shape index (κ2) is 8.54. The molecule has 0 aliphatic heterocycles. The summed E-state index contributed by atoms with van der Waals surface area (Å²) < 4.78 is 83.1. The number of hydrogen-bond donors (Lipinski definition) is 1. The molecule has 0 bridgehead atoms. The van der Waals surface area contributed by atoms with E-state index in [1.54, 1.807) is 20.8 Å². The van der Waals surface area contributed by atoms with Gasteiger partial charge in [0.1, 0.15) is 12.8 Å². The van der Waals surface area contributed by atoms with Gasteiger partial charge in [0.15, 0.2) is 0 Å². The van der Waals surface area contributed by atoms with Gasteiger partial charge in [-0.2, -0.15) is 17.6 Å². The Balaban J connectivity index is 0. The van der Waals surface area contributed by atoms with Crippen LogP contribution < -0.4 is 0 Å². The van der Waals surface area contributed by atoms with Gasteiger partial charge in [-0.3, -0.25) is 4.79 Å². The second-order valence-corrected chi connectivity index (χ2v) is 5.08. The molecule has 0 radical (unpaired) electrons. The fourth-order valence-corrected chi connectivity index (χ4v) is 0.642. The van der Waals surface area contributed by atoms with Crippen LogP contribution in [0.15, 0.2) is 0 Å². The molecule has 0 aromatic carbocycles. The lowest BCUT2D eigenvalue weighted by Crippen LogP contribution is -2.47. The molecule has 0 saturated heterocycles. The van der Waals surface area contributed by atoms with Crippen LogP contribution in [0.5, 0.6) is 0 Å². The number of halogens is 7. The Hall–Kier alpha value is -1.06. The first-order valence-electron chi connectivity index (χ1n) is 6.16. The van der Waals surface area contributed by atoms with Crippen LogP contribution in [0.2, 0.25) is 0 Å². The van der Waals surface area contributed by atoms with Crippen molar-refractivity contribution in [3.05, 3.63) is 0 Å². The molecule has 134 valence electrons. The zero-order valence-electron chi connectivity index (χ0n) is 12.5. The fourth-order valence-electron chi connectivity index (χ4n) is 0.642. The van der Waals surface area contributed by atoms with Crippen molar-refractivity contribution < 1.29 is 45.4 Å². The minimum Gasteiger partial charge on any atom is -0.459 e. The number of esters is 1. The molecule has 10 heteroatoms. The van der Waals surface area contributed by atoms with Crippen molar-refractivity contribution in [2.75, 3.05) is 6.67 Å². The van der Waals surface area contributed by atoms with Crippen molar-refractivity contribution in [1.29, 1.82) is 0 Å². The average molecular weight is 344 g/mol. The molecule has 0 aliphatic carbocycles. The highest BCUT2D eigenvalue weighted by molar-refractivity contribution is 5.75. The summed E-state index contributed by atoms with van der Waals surface area (Å²) in [4.78, 5) is 11.3. The van der Waals surface area contributed by atoms with E-state index in [1.165, 1.54) is 0 Å². The maximum absolute atomic E-state index is 12.0. The van der Waals surface area contributed by atoms with E-state index in [-0.39, 0.29) is 5.97 Å². The second-order valence-electron chi connectivity index (χ2n) is 5.08. The molecule has 0 saturated carbocycles. The lowest BCUT2D eigenvalue weighted by molar-refractivity contribution is -0.352. The van der Waals surface area contributed by atoms with Gasteiger partial charge in [0.2, 0.25) is 0 Å². The third-order valence-electron chi connectivity index (χ3n) is 2.65. The van der Waals surface area contributed by atoms with Gasteiger partial charge in [-0.1, -0.05) is 6.92 Å². The quantitative estimate of drug-likeness (QED) is 0.610. The minimum atomic E-state index is -5.94. The maximum Gasteiger partial charge on any atom is 0.454 e. The Bertz CT molecular complexity index is 340. The van der Waals surface area contributed by atoms with Crippen molar-refractivity contribution in [3.63, 3.8) is 0 Å². The molecule has 1 N–H and O–H groups in total. The molecule has 0 heterocycles. The van der Waals surface area contributed by atoms with E-state index in [2.05, 4.69) is 0 Å². The van der Waals surface area contributed by atoms with Crippen molar-refractivity contribution >= 4 is 5.97 Å². The van der Waals surface area contributed by atoms with Crippen LogP contribution in [0, 0.1) is 5.41 Å². The van der Waals surface area contributed by atoms with Crippen LogP contribution in [0.3, 0.4) is 0 Å². The van der Waals surface area contributed by atoms with Gasteiger partial charge in [-0.25, -0.2) is 13.2 Å². The smallest absolute Gasteiger partial charge is 0.454 e. The Morgan fingerprint density at radius 3 is 1.77 bits per heavy atom. The lowest BCUT2D eigenvalue weighted by atomic mass is 9.91. The number of rotatable bonds is 5. The average Bonchev–Trinajstić information content (AvgIpc) is 2.37. The van der Waals surface area contributed by atoms with Crippen molar-refractivity contribution in [2.24, 2.45) is 5.41 Å². The van der Waals surface area contributed by atoms with Gasteiger partial charge >= 0.3 is 24.4 Å². The summed E-state index contributed by atoms with van der Waals surface area (Å²) in [6.07, 6.45) is -10.3. The summed E-state index contributed by atoms with van der Waals surface area (Å²) in [5.41, 5.74) is -0.497. The highest BCUT2D eigenvalue weighted by Gasteiger charge is 2.62. The van der Waals surface area contributed by atoms with Gasteiger partial charge in [-0.15, -0.1) is 0 Å². The van der Waals surface area contributed by atoms with Crippen LogP contribution in [0.4, 0.5) is 30.7 Å². The number of carbonyl (C=O) groups is 1. The van der Waals surface area contributed by atoms with Gasteiger partial charge in [0.25, 0.3) is 0 Å². The van der Waals surface area contributed by atoms with Crippen LogP contribution >= 0.6 is 0 Å². The van der Waals surface area contributed by atoms with E-state index in [0.717, 1.165) is 0 Å². The Labute approximate surface area is 123 Å². The highest BCUT2D eigenvalue weighted by atomic mass is 19.4. The van der Waals surface area contributed by atoms with Gasteiger partial charge in [0.05, 0.1) is 5.41 Å². The summed E-state index contributed by atoms with van der Waals surface area (Å²) in [5.74, 6) is -5.72. The predicted molar refractivity (Wildman–Crippen MR) is 63.7 cm³/mol. The van der Waals surface area contributed by atoms with Gasteiger partial charge in [-0.05, 0) is 27.2 Å². The number of carbonyl (C=O) groups excluding carboxylic acids is 1. The van der Waals surface area contributed by atoms with Crippen LogP contribution in [-0.2, 0) is 9.53 Å². The van der Waals surface area contributed by atoms with Crippen LogP contribution in [0.25, 0.3) is 0 Å². The van der Waals surface area contributed by atoms with E-state index in [0.29, 0.717) is 6.42 Å². The topological polar surface area (TPSA) is 46.5 Å². The lowest BCUT2D eigenvalue weighted by Gasteiger charge is -2.22. The SMILES string of the molecule is CCC(C)(C)C(=O)OC(C)CF.OC(F)(C(F)F)C(F)(F)F. The van der Waals surface area contributed by atoms with E-state index in [4.69, 9.17) is 9.84 Å². The molecule has 2 unspecified atom stereocenters. The van der Waals surface area contributed by atoms with Gasteiger partial charge < -0.3 is 9.84 Å². The molecule has 0 aromatic heterocycles. The fraction of sp³-hybridized carbons (Fsp3) is 0.917. The molecule has 3 nitrogen and oxygen atoms in total. The summed E-state index contributed by atoms with van der Waals surface area (Å²) in [6, 6.07) is 0. The van der Waals surface area contributed by atoms with E-state index in [9.17, 15) is 35.5 Å². The van der Waals surface area contributed by atoms with E-state index in [1.807, 2.05) is 6.92 Å². The molecule has 0 fully saturated rings. The number of ether oxygens (including phenoxy) is 1. The van der Waals surface area contributed by atoms with Crippen molar-refractivity contribution in [3.8, 4) is 0 Å². The largest absolute Gasteiger partial charge is 0.459 e. The zero-order valence-corrected chi connectivity index (χ0v) is 12.5. The molecular formula is C12H19F7O3. The van der Waals surface area contributed by atoms with Crippen LogP contribution in [-0.4, -0.2) is 42.3 Å². The molecule has 0 aromatic rings. The Morgan fingerprint density at radius 1 is 1.18 bits per heavy atom. The third-order valence-corrected chi connectivity index (χ3v) is 2.65. The monoisotopic (exact) mass is 344 g/mol.